The topological polar surface area (TPSA) is 99.3 Å². The Hall–Kier alpha value is -4.23. The molecule has 4 aromatic rings. The van der Waals surface area contributed by atoms with Crippen LogP contribution in [0, 0.1) is 0 Å². The van der Waals surface area contributed by atoms with E-state index in [2.05, 4.69) is 9.98 Å². The van der Waals surface area contributed by atoms with Gasteiger partial charge in [0.15, 0.2) is 0 Å². The van der Waals surface area contributed by atoms with Crippen LogP contribution in [-0.4, -0.2) is 31.1 Å². The van der Waals surface area contributed by atoms with Crippen LogP contribution in [0.3, 0.4) is 0 Å². The summed E-state index contributed by atoms with van der Waals surface area (Å²) in [5.74, 6) is 0.372. The van der Waals surface area contributed by atoms with E-state index in [1.165, 1.54) is 24.3 Å². The number of sulfone groups is 1. The summed E-state index contributed by atoms with van der Waals surface area (Å²) in [5, 5.41) is 21.3. The first-order chi connectivity index (χ1) is 19.2. The lowest BCUT2D eigenvalue weighted by Crippen LogP contribution is -2.11. The van der Waals surface area contributed by atoms with Crippen LogP contribution >= 0.6 is 0 Å². The molecule has 41 heavy (non-hydrogen) atoms. The molecule has 0 fully saturated rings. The Labute approximate surface area is 242 Å². The molecule has 0 aliphatic carbocycles. The molecular weight excluding hydrogens is 532 g/mol. The number of hydrogen-bond donors (Lipinski definition) is 2. The number of aliphatic imine (C=N–C) groups is 2. The van der Waals surface area contributed by atoms with Gasteiger partial charge in [0.1, 0.15) is 11.5 Å². The molecule has 4 rings (SSSR count). The minimum Gasteiger partial charge on any atom is -0.507 e. The van der Waals surface area contributed by atoms with E-state index in [0.29, 0.717) is 22.5 Å². The molecule has 0 amide bonds. The van der Waals surface area contributed by atoms with Gasteiger partial charge >= 0.3 is 0 Å². The van der Waals surface area contributed by atoms with Gasteiger partial charge in [-0.3, -0.25) is 9.98 Å². The van der Waals surface area contributed by atoms with Crippen LogP contribution in [0.15, 0.2) is 105 Å². The predicted molar refractivity (Wildman–Crippen MR) is 166 cm³/mol. The summed E-state index contributed by atoms with van der Waals surface area (Å²) in [5.41, 5.74) is 3.54. The number of hydrogen-bond acceptors (Lipinski definition) is 6. The van der Waals surface area contributed by atoms with Crippen molar-refractivity contribution in [1.82, 2.24) is 0 Å². The molecule has 0 aliphatic rings. The summed E-state index contributed by atoms with van der Waals surface area (Å²) in [6.07, 6.45) is 3.15. The van der Waals surface area contributed by atoms with Crippen LogP contribution in [0.2, 0.25) is 0 Å². The average molecular weight is 569 g/mol. The third-order valence-electron chi connectivity index (χ3n) is 6.75. The molecule has 0 spiro atoms. The van der Waals surface area contributed by atoms with E-state index in [1.807, 2.05) is 65.8 Å². The van der Waals surface area contributed by atoms with E-state index >= 15 is 0 Å². The van der Waals surface area contributed by atoms with E-state index in [9.17, 15) is 18.6 Å². The van der Waals surface area contributed by atoms with E-state index in [0.717, 1.165) is 11.1 Å². The van der Waals surface area contributed by atoms with Crippen molar-refractivity contribution in [3.8, 4) is 11.5 Å². The van der Waals surface area contributed by atoms with Gasteiger partial charge in [0.05, 0.1) is 21.2 Å². The van der Waals surface area contributed by atoms with Gasteiger partial charge in [-0.05, 0) is 82.6 Å². The summed E-state index contributed by atoms with van der Waals surface area (Å²) in [7, 11) is -3.75. The van der Waals surface area contributed by atoms with Crippen LogP contribution in [0.1, 0.15) is 63.8 Å². The molecule has 0 aromatic heterocycles. The highest BCUT2D eigenvalue weighted by Gasteiger charge is 2.21. The highest BCUT2D eigenvalue weighted by atomic mass is 32.2. The van der Waals surface area contributed by atoms with Crippen molar-refractivity contribution in [3.63, 3.8) is 0 Å². The Kier molecular flexibility index (Phi) is 8.22. The number of rotatable bonds is 6. The van der Waals surface area contributed by atoms with Gasteiger partial charge in [-0.2, -0.15) is 0 Å². The smallest absolute Gasteiger partial charge is 0.206 e. The summed E-state index contributed by atoms with van der Waals surface area (Å²) >= 11 is 0. The second kappa shape index (κ2) is 11.3. The number of phenols is 2. The van der Waals surface area contributed by atoms with Crippen LogP contribution in [0.5, 0.6) is 11.5 Å². The summed E-state index contributed by atoms with van der Waals surface area (Å²) in [6.45, 7) is 12.2. The van der Waals surface area contributed by atoms with Crippen LogP contribution in [0.25, 0.3) is 0 Å². The zero-order valence-corrected chi connectivity index (χ0v) is 25.1. The Bertz CT molecular complexity index is 1580. The molecule has 6 nitrogen and oxygen atoms in total. The molecule has 2 N–H and O–H groups in total. The Morgan fingerprint density at radius 1 is 0.561 bits per heavy atom. The lowest BCUT2D eigenvalue weighted by atomic mass is 9.85. The van der Waals surface area contributed by atoms with Gasteiger partial charge in [0.25, 0.3) is 0 Å². The van der Waals surface area contributed by atoms with Crippen molar-refractivity contribution in [3.05, 3.63) is 107 Å². The van der Waals surface area contributed by atoms with E-state index in [4.69, 9.17) is 0 Å². The maximum Gasteiger partial charge on any atom is 0.206 e. The molecular formula is C34H36N2O4S. The van der Waals surface area contributed by atoms with Crippen LogP contribution < -0.4 is 0 Å². The predicted octanol–water partition coefficient (Wildman–Crippen LogP) is 8.03. The van der Waals surface area contributed by atoms with Gasteiger partial charge in [0, 0.05) is 23.6 Å². The molecule has 212 valence electrons. The van der Waals surface area contributed by atoms with Gasteiger partial charge in [0.2, 0.25) is 9.84 Å². The molecule has 0 saturated carbocycles. The minimum atomic E-state index is -3.75. The fourth-order valence-electron chi connectivity index (χ4n) is 4.39. The van der Waals surface area contributed by atoms with Gasteiger partial charge in [-0.1, -0.05) is 65.8 Å². The molecule has 7 heteroatoms. The van der Waals surface area contributed by atoms with Crippen molar-refractivity contribution in [2.75, 3.05) is 0 Å². The molecule has 0 saturated heterocycles. The second-order valence-electron chi connectivity index (χ2n) is 12.0. The number of nitrogens with zero attached hydrogens (tertiary/aromatic N) is 2. The van der Waals surface area contributed by atoms with Crippen molar-refractivity contribution in [1.29, 1.82) is 0 Å². The SMILES string of the molecule is CC(C)(C)c1cccc(C=Nc2ccc(S(=O)(=O)c3ccc(N=Cc4cccc(C(C)(C)C)c4O)cc3)cc2)c1O. The molecule has 0 radical (unpaired) electrons. The van der Waals surface area contributed by atoms with Gasteiger partial charge in [-0.25, -0.2) is 8.42 Å². The Balaban J connectivity index is 1.50. The molecule has 0 bridgehead atoms. The van der Waals surface area contributed by atoms with E-state index in [-0.39, 0.29) is 32.1 Å². The summed E-state index contributed by atoms with van der Waals surface area (Å²) in [6, 6.07) is 23.7. The summed E-state index contributed by atoms with van der Waals surface area (Å²) < 4.78 is 26.4. The van der Waals surface area contributed by atoms with Crippen molar-refractivity contribution in [2.45, 2.75) is 62.2 Å². The molecule has 0 unspecified atom stereocenters. The summed E-state index contributed by atoms with van der Waals surface area (Å²) in [4.78, 5) is 9.14. The average Bonchev–Trinajstić information content (AvgIpc) is 2.91. The lowest BCUT2D eigenvalue weighted by molar-refractivity contribution is 0.445. The quantitative estimate of drug-likeness (QED) is 0.230. The number of phenolic OH excluding ortho intramolecular Hbond substituents is 2. The minimum absolute atomic E-state index is 0.147. The molecule has 0 atom stereocenters. The third-order valence-corrected chi connectivity index (χ3v) is 8.54. The number of para-hydroxylation sites is 2. The molecule has 0 heterocycles. The molecule has 0 aliphatic heterocycles. The zero-order chi connectivity index (χ0) is 30.0. The first kappa shape index (κ1) is 29.7. The fraction of sp³-hybridized carbons (Fsp3) is 0.235. The maximum absolute atomic E-state index is 13.2. The largest absolute Gasteiger partial charge is 0.507 e. The lowest BCUT2D eigenvalue weighted by Gasteiger charge is -2.21. The molecule has 4 aromatic carbocycles. The first-order valence-electron chi connectivity index (χ1n) is 13.4. The van der Waals surface area contributed by atoms with E-state index in [1.54, 1.807) is 48.8 Å². The first-order valence-corrected chi connectivity index (χ1v) is 14.8. The third kappa shape index (κ3) is 6.74. The standard InChI is InChI=1S/C34H36N2O4S/c1-33(2,3)29-11-7-9-23(31(29)37)21-35-25-13-17-27(18-14-25)41(39,40)28-19-15-26(16-20-28)36-22-24-10-8-12-30(32(24)38)34(4,5)6/h7-22,37-38H,1-6H3. The van der Waals surface area contributed by atoms with Gasteiger partial charge < -0.3 is 10.2 Å². The van der Waals surface area contributed by atoms with E-state index < -0.39 is 9.84 Å². The van der Waals surface area contributed by atoms with Crippen molar-refractivity contribution < 1.29 is 18.6 Å². The Morgan fingerprint density at radius 3 is 1.22 bits per heavy atom. The normalized spacial score (nSPS) is 12.8. The Morgan fingerprint density at radius 2 is 0.902 bits per heavy atom. The number of benzene rings is 4. The van der Waals surface area contributed by atoms with Crippen LogP contribution in [-0.2, 0) is 20.7 Å². The van der Waals surface area contributed by atoms with Crippen molar-refractivity contribution >= 4 is 33.6 Å². The highest BCUT2D eigenvalue weighted by Crippen LogP contribution is 2.34. The highest BCUT2D eigenvalue weighted by molar-refractivity contribution is 7.91. The fourth-order valence-corrected chi connectivity index (χ4v) is 5.65. The second-order valence-corrected chi connectivity index (χ2v) is 13.9. The number of aromatic hydroxyl groups is 2. The monoisotopic (exact) mass is 568 g/mol. The van der Waals surface area contributed by atoms with Crippen LogP contribution in [0.4, 0.5) is 11.4 Å². The van der Waals surface area contributed by atoms with Crippen molar-refractivity contribution in [2.24, 2.45) is 9.98 Å². The zero-order valence-electron chi connectivity index (χ0n) is 24.3. The van der Waals surface area contributed by atoms with Gasteiger partial charge in [-0.15, -0.1) is 0 Å². The maximum atomic E-state index is 13.2.